The number of anilines is 1. The van der Waals surface area contributed by atoms with Crippen LogP contribution in [0.3, 0.4) is 0 Å². The van der Waals surface area contributed by atoms with Gasteiger partial charge in [-0.3, -0.25) is 4.79 Å². The van der Waals surface area contributed by atoms with E-state index in [4.69, 9.17) is 25.8 Å². The lowest BCUT2D eigenvalue weighted by atomic mass is 10.2. The van der Waals surface area contributed by atoms with E-state index in [9.17, 15) is 4.79 Å². The van der Waals surface area contributed by atoms with Crippen molar-refractivity contribution in [1.29, 1.82) is 0 Å². The summed E-state index contributed by atoms with van der Waals surface area (Å²) in [5.74, 6) is 2.52. The number of nitrogens with zero attached hydrogens (tertiary/aromatic N) is 3. The van der Waals surface area contributed by atoms with Crippen LogP contribution < -0.4 is 19.5 Å². The summed E-state index contributed by atoms with van der Waals surface area (Å²) >= 11 is 7.26. The van der Waals surface area contributed by atoms with Gasteiger partial charge in [-0.25, -0.2) is 0 Å². The number of aryl methyl sites for hydroxylation is 1. The highest BCUT2D eigenvalue weighted by atomic mass is 35.5. The van der Waals surface area contributed by atoms with E-state index in [1.807, 2.05) is 26.1 Å². The number of aromatic nitrogens is 3. The second-order valence-electron chi connectivity index (χ2n) is 6.56. The summed E-state index contributed by atoms with van der Waals surface area (Å²) in [6, 6.07) is 10.6. The number of amides is 1. The Balaban J connectivity index is 1.56. The SMILES string of the molecule is COc1ccc(NC(=O)CSc2nnc(COc3ccc(Cl)cc3C)n2C)c(OC)c1. The molecular weight excluding hydrogens is 440 g/mol. The van der Waals surface area contributed by atoms with Crippen LogP contribution in [0.4, 0.5) is 5.69 Å². The van der Waals surface area contributed by atoms with E-state index >= 15 is 0 Å². The Bertz CT molecular complexity index is 1070. The van der Waals surface area contributed by atoms with Crippen molar-refractivity contribution < 1.29 is 19.0 Å². The van der Waals surface area contributed by atoms with Crippen molar-refractivity contribution in [3.8, 4) is 17.2 Å². The largest absolute Gasteiger partial charge is 0.497 e. The first-order valence-electron chi connectivity index (χ1n) is 9.33. The zero-order chi connectivity index (χ0) is 22.4. The molecule has 0 radical (unpaired) electrons. The first-order valence-corrected chi connectivity index (χ1v) is 10.7. The molecular formula is C21H23ClN4O4S. The molecule has 0 aliphatic rings. The molecule has 0 fully saturated rings. The molecule has 3 aromatic rings. The number of thioether (sulfide) groups is 1. The maximum Gasteiger partial charge on any atom is 0.234 e. The van der Waals surface area contributed by atoms with Gasteiger partial charge < -0.3 is 24.1 Å². The smallest absolute Gasteiger partial charge is 0.234 e. The van der Waals surface area contributed by atoms with Crippen molar-refractivity contribution in [2.24, 2.45) is 7.05 Å². The van der Waals surface area contributed by atoms with Crippen molar-refractivity contribution in [1.82, 2.24) is 14.8 Å². The molecule has 10 heteroatoms. The van der Waals surface area contributed by atoms with Crippen molar-refractivity contribution in [2.75, 3.05) is 25.3 Å². The van der Waals surface area contributed by atoms with Crippen LogP contribution >= 0.6 is 23.4 Å². The molecule has 1 amide bonds. The molecule has 1 heterocycles. The van der Waals surface area contributed by atoms with Gasteiger partial charge in [-0.1, -0.05) is 23.4 Å². The number of rotatable bonds is 9. The lowest BCUT2D eigenvalue weighted by Gasteiger charge is -2.11. The van der Waals surface area contributed by atoms with Gasteiger partial charge >= 0.3 is 0 Å². The predicted octanol–water partition coefficient (Wildman–Crippen LogP) is 4.10. The lowest BCUT2D eigenvalue weighted by molar-refractivity contribution is -0.113. The third-order valence-corrected chi connectivity index (χ3v) is 5.69. The normalized spacial score (nSPS) is 10.6. The number of hydrogen-bond donors (Lipinski definition) is 1. The lowest BCUT2D eigenvalue weighted by Crippen LogP contribution is -2.15. The molecule has 0 bridgehead atoms. The zero-order valence-electron chi connectivity index (χ0n) is 17.6. The van der Waals surface area contributed by atoms with Crippen molar-refractivity contribution in [3.63, 3.8) is 0 Å². The summed E-state index contributed by atoms with van der Waals surface area (Å²) in [5.41, 5.74) is 1.51. The molecule has 31 heavy (non-hydrogen) atoms. The maximum atomic E-state index is 12.4. The van der Waals surface area contributed by atoms with E-state index in [0.717, 1.165) is 11.3 Å². The van der Waals surface area contributed by atoms with Gasteiger partial charge in [-0.15, -0.1) is 10.2 Å². The highest BCUT2D eigenvalue weighted by Crippen LogP contribution is 2.29. The molecule has 3 rings (SSSR count). The van der Waals surface area contributed by atoms with Gasteiger partial charge in [0.2, 0.25) is 5.91 Å². The van der Waals surface area contributed by atoms with E-state index in [0.29, 0.717) is 33.2 Å². The van der Waals surface area contributed by atoms with Crippen molar-refractivity contribution >= 4 is 35.0 Å². The molecule has 0 atom stereocenters. The number of carbonyl (C=O) groups is 1. The summed E-state index contributed by atoms with van der Waals surface area (Å²) in [4.78, 5) is 12.4. The minimum Gasteiger partial charge on any atom is -0.497 e. The van der Waals surface area contributed by atoms with E-state index in [1.165, 1.54) is 18.9 Å². The average molecular weight is 463 g/mol. The monoisotopic (exact) mass is 462 g/mol. The highest BCUT2D eigenvalue weighted by molar-refractivity contribution is 7.99. The molecule has 2 aromatic carbocycles. The van der Waals surface area contributed by atoms with Crippen LogP contribution in [0, 0.1) is 6.92 Å². The Hall–Kier alpha value is -2.91. The van der Waals surface area contributed by atoms with Gasteiger partial charge in [0.05, 0.1) is 25.7 Å². The number of ether oxygens (including phenoxy) is 3. The fraction of sp³-hybridized carbons (Fsp3) is 0.286. The zero-order valence-corrected chi connectivity index (χ0v) is 19.2. The van der Waals surface area contributed by atoms with Crippen LogP contribution in [0.25, 0.3) is 0 Å². The number of benzene rings is 2. The van der Waals surface area contributed by atoms with Crippen LogP contribution in [0.15, 0.2) is 41.6 Å². The molecule has 0 unspecified atom stereocenters. The minimum absolute atomic E-state index is 0.165. The molecule has 0 aliphatic carbocycles. The number of nitrogens with one attached hydrogen (secondary N) is 1. The van der Waals surface area contributed by atoms with E-state index < -0.39 is 0 Å². The van der Waals surface area contributed by atoms with Crippen molar-refractivity contribution in [2.45, 2.75) is 18.7 Å². The Morgan fingerprint density at radius 1 is 1.13 bits per heavy atom. The second kappa shape index (κ2) is 10.4. The fourth-order valence-electron chi connectivity index (χ4n) is 2.73. The van der Waals surface area contributed by atoms with E-state index in [2.05, 4.69) is 15.5 Å². The Labute approximate surface area is 189 Å². The Kier molecular flexibility index (Phi) is 7.64. The molecule has 0 spiro atoms. The Morgan fingerprint density at radius 2 is 1.94 bits per heavy atom. The Morgan fingerprint density at radius 3 is 2.65 bits per heavy atom. The van der Waals surface area contributed by atoms with Crippen LogP contribution in [-0.2, 0) is 18.4 Å². The molecule has 1 aromatic heterocycles. The average Bonchev–Trinajstić information content (AvgIpc) is 3.11. The maximum absolute atomic E-state index is 12.4. The van der Waals surface area contributed by atoms with Crippen LogP contribution in [0.2, 0.25) is 5.02 Å². The number of hydrogen-bond acceptors (Lipinski definition) is 7. The summed E-state index contributed by atoms with van der Waals surface area (Å²) in [5, 5.41) is 12.4. The molecule has 0 saturated heterocycles. The van der Waals surface area contributed by atoms with Crippen molar-refractivity contribution in [3.05, 3.63) is 52.8 Å². The molecule has 1 N–H and O–H groups in total. The van der Waals surface area contributed by atoms with E-state index in [-0.39, 0.29) is 18.3 Å². The first kappa shape index (κ1) is 22.8. The van der Waals surface area contributed by atoms with Gasteiger partial charge in [0.1, 0.15) is 23.9 Å². The van der Waals surface area contributed by atoms with Gasteiger partial charge in [0.25, 0.3) is 0 Å². The van der Waals surface area contributed by atoms with Crippen LogP contribution in [0.5, 0.6) is 17.2 Å². The predicted molar refractivity (Wildman–Crippen MR) is 120 cm³/mol. The molecule has 8 nitrogen and oxygen atoms in total. The fourth-order valence-corrected chi connectivity index (χ4v) is 3.69. The van der Waals surface area contributed by atoms with E-state index in [1.54, 1.807) is 35.9 Å². The third-order valence-electron chi connectivity index (χ3n) is 4.43. The second-order valence-corrected chi connectivity index (χ2v) is 7.94. The van der Waals surface area contributed by atoms with Crippen LogP contribution in [0.1, 0.15) is 11.4 Å². The van der Waals surface area contributed by atoms with Gasteiger partial charge in [0, 0.05) is 18.1 Å². The van der Waals surface area contributed by atoms with Crippen LogP contribution in [-0.4, -0.2) is 40.6 Å². The highest BCUT2D eigenvalue weighted by Gasteiger charge is 2.14. The summed E-state index contributed by atoms with van der Waals surface area (Å²) in [6.45, 7) is 2.18. The summed E-state index contributed by atoms with van der Waals surface area (Å²) < 4.78 is 18.1. The third kappa shape index (κ3) is 5.83. The topological polar surface area (TPSA) is 87.5 Å². The molecule has 0 saturated carbocycles. The number of methoxy groups -OCH3 is 2. The molecule has 164 valence electrons. The first-order chi connectivity index (χ1) is 14.9. The van der Waals surface area contributed by atoms with Gasteiger partial charge in [0.15, 0.2) is 11.0 Å². The minimum atomic E-state index is -0.189. The standard InChI is InChI=1S/C21H23ClN4O4S/c1-13-9-14(22)5-8-17(13)30-11-19-24-25-21(26(19)2)31-12-20(27)23-16-7-6-15(28-3)10-18(16)29-4/h5-10H,11-12H2,1-4H3,(H,23,27). The number of carbonyl (C=O) groups excluding carboxylic acids is 1. The summed E-state index contributed by atoms with van der Waals surface area (Å²) in [7, 11) is 4.94. The number of halogens is 1. The quantitative estimate of drug-likeness (QED) is 0.479. The molecule has 0 aliphatic heterocycles. The summed E-state index contributed by atoms with van der Waals surface area (Å²) in [6.07, 6.45) is 0. The van der Waals surface area contributed by atoms with Gasteiger partial charge in [-0.2, -0.15) is 0 Å². The van der Waals surface area contributed by atoms with Gasteiger partial charge in [-0.05, 0) is 42.8 Å².